The van der Waals surface area contributed by atoms with Crippen molar-refractivity contribution < 1.29 is 9.59 Å². The second-order valence-corrected chi connectivity index (χ2v) is 10.8. The van der Waals surface area contributed by atoms with Crippen molar-refractivity contribution in [3.05, 3.63) is 58.5 Å². The molecule has 2 aliphatic heterocycles. The molecule has 2 aromatic carbocycles. The lowest BCUT2D eigenvalue weighted by Gasteiger charge is -2.39. The smallest absolute Gasteiger partial charge is 0.314 e. The Morgan fingerprint density at radius 2 is 1.51 bits per heavy atom. The summed E-state index contributed by atoms with van der Waals surface area (Å²) in [4.78, 5) is 39.8. The molecule has 37 heavy (non-hydrogen) atoms. The number of rotatable bonds is 4. The van der Waals surface area contributed by atoms with Crippen LogP contribution in [0.3, 0.4) is 0 Å². The maximum absolute atomic E-state index is 13.1. The summed E-state index contributed by atoms with van der Waals surface area (Å²) in [6.45, 7) is 4.58. The summed E-state index contributed by atoms with van der Waals surface area (Å²) in [5.41, 5.74) is 4.82. The lowest BCUT2D eigenvalue weighted by atomic mass is 9.81. The van der Waals surface area contributed by atoms with E-state index in [2.05, 4.69) is 39.8 Å². The van der Waals surface area contributed by atoms with E-state index >= 15 is 0 Å². The summed E-state index contributed by atoms with van der Waals surface area (Å²) < 4.78 is 3.12. The molecule has 3 heterocycles. The third kappa shape index (κ3) is 4.53. The van der Waals surface area contributed by atoms with Crippen molar-refractivity contribution in [2.75, 3.05) is 26.2 Å². The maximum Gasteiger partial charge on any atom is 0.329 e. The van der Waals surface area contributed by atoms with Gasteiger partial charge < -0.3 is 5.32 Å². The van der Waals surface area contributed by atoms with E-state index in [1.165, 1.54) is 48.9 Å². The second-order valence-electron chi connectivity index (χ2n) is 10.8. The van der Waals surface area contributed by atoms with Gasteiger partial charge in [0, 0.05) is 45.7 Å². The van der Waals surface area contributed by atoms with E-state index in [1.54, 1.807) is 11.6 Å². The zero-order chi connectivity index (χ0) is 25.5. The van der Waals surface area contributed by atoms with Gasteiger partial charge in [-0.2, -0.15) is 0 Å². The Morgan fingerprint density at radius 1 is 0.811 bits per heavy atom. The van der Waals surface area contributed by atoms with Gasteiger partial charge in [0.1, 0.15) is 6.04 Å². The van der Waals surface area contributed by atoms with Gasteiger partial charge in [0.15, 0.2) is 0 Å². The number of carbonyl (C=O) groups is 2. The van der Waals surface area contributed by atoms with Crippen molar-refractivity contribution in [1.82, 2.24) is 24.7 Å². The quantitative estimate of drug-likeness (QED) is 0.537. The molecule has 0 bridgehead atoms. The predicted octanol–water partition coefficient (Wildman–Crippen LogP) is 2.92. The summed E-state index contributed by atoms with van der Waals surface area (Å²) in [6, 6.07) is 14.9. The number of piperidine rings is 1. The van der Waals surface area contributed by atoms with Gasteiger partial charge >= 0.3 is 5.69 Å². The van der Waals surface area contributed by atoms with Crippen molar-refractivity contribution in [1.29, 1.82) is 0 Å². The molecular weight excluding hydrogens is 466 g/mol. The molecule has 2 N–H and O–H groups in total. The Bertz CT molecular complexity index is 1380. The van der Waals surface area contributed by atoms with E-state index in [1.807, 2.05) is 18.2 Å². The summed E-state index contributed by atoms with van der Waals surface area (Å²) in [6.07, 6.45) is 5.62. The van der Waals surface area contributed by atoms with Crippen LogP contribution in [-0.4, -0.2) is 58.1 Å². The minimum atomic E-state index is -0.666. The van der Waals surface area contributed by atoms with Gasteiger partial charge in [0.2, 0.25) is 11.8 Å². The topological polar surface area (TPSA) is 88.4 Å². The number of imide groups is 1. The monoisotopic (exact) mass is 501 g/mol. The number of imidazole rings is 1. The largest absolute Gasteiger partial charge is 0.329 e. The van der Waals surface area contributed by atoms with Crippen molar-refractivity contribution in [2.24, 2.45) is 7.05 Å². The van der Waals surface area contributed by atoms with Crippen LogP contribution in [0.2, 0.25) is 0 Å². The molecule has 1 saturated carbocycles. The molecule has 3 aromatic rings. The first-order valence-corrected chi connectivity index (χ1v) is 13.6. The Morgan fingerprint density at radius 3 is 2.22 bits per heavy atom. The molecule has 3 aliphatic rings. The van der Waals surface area contributed by atoms with Crippen LogP contribution in [0.25, 0.3) is 22.2 Å². The highest BCUT2D eigenvalue weighted by Gasteiger charge is 2.31. The number of nitrogens with zero attached hydrogens (tertiary/aromatic N) is 3. The van der Waals surface area contributed by atoms with Crippen molar-refractivity contribution in [3.63, 3.8) is 0 Å². The molecule has 2 amide bonds. The molecule has 2 saturated heterocycles. The molecule has 0 radical (unpaired) electrons. The van der Waals surface area contributed by atoms with Gasteiger partial charge in [-0.15, -0.1) is 0 Å². The number of piperazine rings is 1. The normalized spacial score (nSPS) is 25.4. The van der Waals surface area contributed by atoms with Crippen LogP contribution >= 0.6 is 0 Å². The first-order valence-electron chi connectivity index (χ1n) is 13.6. The highest BCUT2D eigenvalue weighted by atomic mass is 16.2. The number of nitrogens with one attached hydrogen (secondary N) is 2. The number of aromatic nitrogens is 2. The average molecular weight is 502 g/mol. The third-order valence-corrected chi connectivity index (χ3v) is 8.69. The van der Waals surface area contributed by atoms with Crippen molar-refractivity contribution >= 4 is 22.8 Å². The number of benzene rings is 2. The predicted molar refractivity (Wildman–Crippen MR) is 143 cm³/mol. The molecule has 1 atom stereocenters. The van der Waals surface area contributed by atoms with Crippen LogP contribution < -0.4 is 16.3 Å². The van der Waals surface area contributed by atoms with Gasteiger partial charge in [0.05, 0.1) is 11.0 Å². The van der Waals surface area contributed by atoms with Gasteiger partial charge in [-0.25, -0.2) is 4.79 Å². The fourth-order valence-electron chi connectivity index (χ4n) is 6.54. The van der Waals surface area contributed by atoms with Crippen LogP contribution in [0.5, 0.6) is 0 Å². The highest BCUT2D eigenvalue weighted by molar-refractivity contribution is 6.00. The highest BCUT2D eigenvalue weighted by Crippen LogP contribution is 2.36. The Kier molecular flexibility index (Phi) is 6.46. The van der Waals surface area contributed by atoms with Gasteiger partial charge in [-0.05, 0) is 66.8 Å². The Labute approximate surface area is 216 Å². The van der Waals surface area contributed by atoms with Gasteiger partial charge in [-0.3, -0.25) is 28.9 Å². The third-order valence-electron chi connectivity index (χ3n) is 8.69. The number of aryl methyl sites for hydroxylation is 1. The zero-order valence-electron chi connectivity index (χ0n) is 21.4. The standard InChI is InChI=1S/C29H35N5O3/c1-32-26-18-22(8-11-24(26)34(29(32)37)25-12-13-27(35)31-28(25)36)21-4-2-19(3-5-21)20-6-9-23(10-7-20)33-16-14-30-15-17-33/h2-5,8,11,18,20,23,25,30H,6-7,9-10,12-17H2,1H3,(H,31,35,36)/t20-,23-,25?. The van der Waals surface area contributed by atoms with Crippen LogP contribution in [0, 0.1) is 0 Å². The van der Waals surface area contributed by atoms with E-state index in [0.717, 1.165) is 35.8 Å². The number of fused-ring (bicyclic) bond motifs is 1. The lowest BCUT2D eigenvalue weighted by molar-refractivity contribution is -0.135. The van der Waals surface area contributed by atoms with Crippen LogP contribution in [0.1, 0.15) is 56.0 Å². The second kappa shape index (κ2) is 9.91. The number of hydrogen-bond acceptors (Lipinski definition) is 5. The molecular formula is C29H35N5O3. The molecule has 1 aliphatic carbocycles. The van der Waals surface area contributed by atoms with Crippen LogP contribution in [0.15, 0.2) is 47.3 Å². The molecule has 1 unspecified atom stereocenters. The molecule has 6 rings (SSSR count). The summed E-state index contributed by atoms with van der Waals surface area (Å²) in [5.74, 6) is -0.0700. The first-order chi connectivity index (χ1) is 18.0. The van der Waals surface area contributed by atoms with E-state index in [9.17, 15) is 14.4 Å². The molecule has 3 fully saturated rings. The summed E-state index contributed by atoms with van der Waals surface area (Å²) in [5, 5.41) is 5.82. The van der Waals surface area contributed by atoms with E-state index in [0.29, 0.717) is 17.9 Å². The maximum atomic E-state index is 13.1. The molecule has 0 spiro atoms. The van der Waals surface area contributed by atoms with Crippen molar-refractivity contribution in [2.45, 2.75) is 56.5 Å². The number of hydrogen-bond donors (Lipinski definition) is 2. The average Bonchev–Trinajstić information content (AvgIpc) is 3.18. The summed E-state index contributed by atoms with van der Waals surface area (Å²) in [7, 11) is 1.73. The van der Waals surface area contributed by atoms with Gasteiger partial charge in [-0.1, -0.05) is 30.3 Å². The first kappa shape index (κ1) is 24.1. The number of amides is 2. The summed E-state index contributed by atoms with van der Waals surface area (Å²) >= 11 is 0. The minimum Gasteiger partial charge on any atom is -0.314 e. The fraction of sp³-hybridized carbons (Fsp3) is 0.483. The minimum absolute atomic E-state index is 0.237. The molecule has 8 heteroatoms. The van der Waals surface area contributed by atoms with E-state index in [-0.39, 0.29) is 18.0 Å². The van der Waals surface area contributed by atoms with Crippen molar-refractivity contribution in [3.8, 4) is 11.1 Å². The molecule has 1 aromatic heterocycles. The van der Waals surface area contributed by atoms with Crippen LogP contribution in [-0.2, 0) is 16.6 Å². The fourth-order valence-corrected chi connectivity index (χ4v) is 6.54. The Balaban J connectivity index is 1.19. The van der Waals surface area contributed by atoms with E-state index in [4.69, 9.17) is 0 Å². The van der Waals surface area contributed by atoms with E-state index < -0.39 is 11.9 Å². The van der Waals surface area contributed by atoms with Gasteiger partial charge in [0.25, 0.3) is 0 Å². The Hall–Kier alpha value is -3.23. The SMILES string of the molecule is Cn1c(=O)n(C2CCC(=O)NC2=O)c2ccc(-c3ccc([C@H]4CC[C@H](N5CCNCC5)CC4)cc3)cc21. The molecule has 194 valence electrons. The number of carbonyl (C=O) groups excluding carboxylic acids is 2. The molecule has 8 nitrogen and oxygen atoms in total. The zero-order valence-corrected chi connectivity index (χ0v) is 21.4. The van der Waals surface area contributed by atoms with Crippen LogP contribution in [0.4, 0.5) is 0 Å². The lowest BCUT2D eigenvalue weighted by Crippen LogP contribution is -2.49.